The van der Waals surface area contributed by atoms with E-state index in [2.05, 4.69) is 10.3 Å². The van der Waals surface area contributed by atoms with E-state index < -0.39 is 0 Å². The second kappa shape index (κ2) is 5.35. The predicted molar refractivity (Wildman–Crippen MR) is 80.2 cm³/mol. The lowest BCUT2D eigenvalue weighted by Gasteiger charge is -2.07. The summed E-state index contributed by atoms with van der Waals surface area (Å²) in [4.78, 5) is 16.4. The van der Waals surface area contributed by atoms with Crippen molar-refractivity contribution in [3.63, 3.8) is 0 Å². The van der Waals surface area contributed by atoms with Crippen LogP contribution in [0.5, 0.6) is 0 Å². The van der Waals surface area contributed by atoms with Crippen molar-refractivity contribution in [1.82, 2.24) is 9.38 Å². The van der Waals surface area contributed by atoms with Gasteiger partial charge in [-0.15, -0.1) is 0 Å². The molecule has 0 bridgehead atoms. The van der Waals surface area contributed by atoms with Crippen molar-refractivity contribution >= 4 is 22.9 Å². The van der Waals surface area contributed by atoms with Gasteiger partial charge in [0.05, 0.1) is 17.3 Å². The smallest absolute Gasteiger partial charge is 0.258 e. The highest BCUT2D eigenvalue weighted by Crippen LogP contribution is 2.10. The molecule has 0 aliphatic heterocycles. The van der Waals surface area contributed by atoms with Crippen molar-refractivity contribution in [2.24, 2.45) is 0 Å². The van der Waals surface area contributed by atoms with Crippen LogP contribution in [0.2, 0.25) is 5.02 Å². The quantitative estimate of drug-likeness (QED) is 0.805. The molecule has 0 saturated carbocycles. The van der Waals surface area contributed by atoms with Gasteiger partial charge in [0, 0.05) is 18.0 Å². The van der Waals surface area contributed by atoms with Crippen LogP contribution in [0.3, 0.4) is 0 Å². The Balaban J connectivity index is 1.89. The normalized spacial score (nSPS) is 10.7. The van der Waals surface area contributed by atoms with Crippen molar-refractivity contribution in [3.05, 3.63) is 75.8 Å². The lowest BCUT2D eigenvalue weighted by atomic mass is 10.3. The number of pyridine rings is 1. The number of hydrogen-bond donors (Lipinski definition) is 1. The number of nitrogens with zero attached hydrogens (tertiary/aromatic N) is 2. The van der Waals surface area contributed by atoms with Crippen LogP contribution in [0.25, 0.3) is 5.65 Å². The number of nitrogens with one attached hydrogen (secondary N) is 1. The highest BCUT2D eigenvalue weighted by Gasteiger charge is 2.03. The van der Waals surface area contributed by atoms with E-state index in [1.165, 1.54) is 10.5 Å². The number of para-hydroxylation sites is 1. The van der Waals surface area contributed by atoms with Crippen LogP contribution in [-0.4, -0.2) is 9.38 Å². The summed E-state index contributed by atoms with van der Waals surface area (Å²) in [6, 6.07) is 14.8. The summed E-state index contributed by atoms with van der Waals surface area (Å²) in [5.74, 6) is 0. The molecule has 100 valence electrons. The molecule has 1 N–H and O–H groups in total. The lowest BCUT2D eigenvalue weighted by Crippen LogP contribution is -2.16. The second-order valence-electron chi connectivity index (χ2n) is 4.38. The minimum Gasteiger partial charge on any atom is -0.379 e. The standard InChI is InChI=1S/C15H12ClN3O/c16-11-6-7-14-18-13(8-15(20)19(14)10-11)9-17-12-4-2-1-3-5-12/h1-8,10,17H,9H2. The molecule has 4 nitrogen and oxygen atoms in total. The zero-order valence-electron chi connectivity index (χ0n) is 10.6. The van der Waals surface area contributed by atoms with Gasteiger partial charge in [0.25, 0.3) is 5.56 Å². The van der Waals surface area contributed by atoms with Crippen molar-refractivity contribution in [2.75, 3.05) is 5.32 Å². The molecule has 0 fully saturated rings. The van der Waals surface area contributed by atoms with Gasteiger partial charge < -0.3 is 5.32 Å². The predicted octanol–water partition coefficient (Wildman–Crippen LogP) is 2.96. The monoisotopic (exact) mass is 285 g/mol. The molecule has 0 amide bonds. The molecule has 0 atom stereocenters. The Morgan fingerprint density at radius 1 is 1.15 bits per heavy atom. The minimum atomic E-state index is -0.137. The summed E-state index contributed by atoms with van der Waals surface area (Å²) in [7, 11) is 0. The average Bonchev–Trinajstić information content (AvgIpc) is 2.47. The Morgan fingerprint density at radius 3 is 2.75 bits per heavy atom. The third-order valence-electron chi connectivity index (χ3n) is 2.92. The average molecular weight is 286 g/mol. The van der Waals surface area contributed by atoms with E-state index in [0.29, 0.717) is 22.9 Å². The minimum absolute atomic E-state index is 0.137. The van der Waals surface area contributed by atoms with Gasteiger partial charge >= 0.3 is 0 Å². The van der Waals surface area contributed by atoms with Gasteiger partial charge in [0.15, 0.2) is 0 Å². The van der Waals surface area contributed by atoms with Crippen LogP contribution >= 0.6 is 11.6 Å². The Bertz CT molecular complexity index is 799. The van der Waals surface area contributed by atoms with E-state index in [9.17, 15) is 4.79 Å². The van der Waals surface area contributed by atoms with Gasteiger partial charge in [-0.2, -0.15) is 0 Å². The third kappa shape index (κ3) is 2.65. The molecule has 0 aliphatic rings. The van der Waals surface area contributed by atoms with Crippen LogP contribution in [0.1, 0.15) is 5.69 Å². The Labute approximate surface area is 120 Å². The maximum atomic E-state index is 12.0. The van der Waals surface area contributed by atoms with Gasteiger partial charge in [-0.25, -0.2) is 4.98 Å². The summed E-state index contributed by atoms with van der Waals surface area (Å²) in [5.41, 5.74) is 2.14. The first-order valence-corrected chi connectivity index (χ1v) is 6.57. The zero-order valence-corrected chi connectivity index (χ0v) is 11.3. The van der Waals surface area contributed by atoms with Crippen molar-refractivity contribution < 1.29 is 0 Å². The molecule has 2 aromatic heterocycles. The first-order chi connectivity index (χ1) is 9.72. The van der Waals surface area contributed by atoms with Gasteiger partial charge in [-0.1, -0.05) is 29.8 Å². The lowest BCUT2D eigenvalue weighted by molar-refractivity contribution is 0.971. The van der Waals surface area contributed by atoms with Gasteiger partial charge in [0.1, 0.15) is 5.65 Å². The van der Waals surface area contributed by atoms with Crippen LogP contribution in [-0.2, 0) is 6.54 Å². The number of anilines is 1. The van der Waals surface area contributed by atoms with Crippen LogP contribution in [0, 0.1) is 0 Å². The summed E-state index contributed by atoms with van der Waals surface area (Å²) in [6.45, 7) is 0.498. The fourth-order valence-corrected chi connectivity index (χ4v) is 2.13. The van der Waals surface area contributed by atoms with Gasteiger partial charge in [0.2, 0.25) is 0 Å². The molecule has 5 heteroatoms. The van der Waals surface area contributed by atoms with Crippen LogP contribution in [0.15, 0.2) is 59.5 Å². The second-order valence-corrected chi connectivity index (χ2v) is 4.82. The molecule has 0 spiro atoms. The molecule has 1 aromatic carbocycles. The molecule has 0 saturated heterocycles. The highest BCUT2D eigenvalue weighted by molar-refractivity contribution is 6.30. The summed E-state index contributed by atoms with van der Waals surface area (Å²) in [6.07, 6.45) is 1.57. The van der Waals surface area contributed by atoms with Crippen molar-refractivity contribution in [1.29, 1.82) is 0 Å². The van der Waals surface area contributed by atoms with Gasteiger partial charge in [-0.05, 0) is 24.3 Å². The fourth-order valence-electron chi connectivity index (χ4n) is 1.97. The van der Waals surface area contributed by atoms with E-state index in [-0.39, 0.29) is 5.56 Å². The fraction of sp³-hybridized carbons (Fsp3) is 0.0667. The Morgan fingerprint density at radius 2 is 1.95 bits per heavy atom. The van der Waals surface area contributed by atoms with Crippen LogP contribution < -0.4 is 10.9 Å². The molecule has 2 heterocycles. The number of benzene rings is 1. The molecule has 3 aromatic rings. The zero-order chi connectivity index (χ0) is 13.9. The first kappa shape index (κ1) is 12.7. The van der Waals surface area contributed by atoms with E-state index in [4.69, 9.17) is 11.6 Å². The van der Waals surface area contributed by atoms with Gasteiger partial charge in [-0.3, -0.25) is 9.20 Å². The Hall–Kier alpha value is -2.33. The summed E-state index contributed by atoms with van der Waals surface area (Å²) >= 11 is 5.87. The molecule has 3 rings (SSSR count). The van der Waals surface area contributed by atoms with Crippen LogP contribution in [0.4, 0.5) is 5.69 Å². The Kier molecular flexibility index (Phi) is 3.39. The van der Waals surface area contributed by atoms with Crippen molar-refractivity contribution in [2.45, 2.75) is 6.54 Å². The molecular weight excluding hydrogens is 274 g/mol. The first-order valence-electron chi connectivity index (χ1n) is 6.19. The number of aromatic nitrogens is 2. The number of hydrogen-bond acceptors (Lipinski definition) is 3. The SMILES string of the molecule is O=c1cc(CNc2ccccc2)nc2ccc(Cl)cn12. The summed E-state index contributed by atoms with van der Waals surface area (Å²) < 4.78 is 1.44. The van der Waals surface area contributed by atoms with E-state index >= 15 is 0 Å². The van der Waals surface area contributed by atoms with Crippen molar-refractivity contribution in [3.8, 4) is 0 Å². The number of halogens is 1. The molecule has 0 radical (unpaired) electrons. The van der Waals surface area contributed by atoms with E-state index in [0.717, 1.165) is 5.69 Å². The number of fused-ring (bicyclic) bond motifs is 1. The maximum Gasteiger partial charge on any atom is 0.258 e. The molecule has 20 heavy (non-hydrogen) atoms. The largest absolute Gasteiger partial charge is 0.379 e. The van der Waals surface area contributed by atoms with E-state index in [1.807, 2.05) is 30.3 Å². The summed E-state index contributed by atoms with van der Waals surface area (Å²) in [5, 5.41) is 3.74. The third-order valence-corrected chi connectivity index (χ3v) is 3.15. The van der Waals surface area contributed by atoms with E-state index in [1.54, 1.807) is 18.3 Å². The topological polar surface area (TPSA) is 46.4 Å². The molecule has 0 unspecified atom stereocenters. The maximum absolute atomic E-state index is 12.0. The highest BCUT2D eigenvalue weighted by atomic mass is 35.5. The molecular formula is C15H12ClN3O. The molecule has 0 aliphatic carbocycles. The number of rotatable bonds is 3.